The maximum absolute atomic E-state index is 11.9. The van der Waals surface area contributed by atoms with Crippen LogP contribution in [-0.2, 0) is 4.79 Å². The predicted molar refractivity (Wildman–Crippen MR) is 83.2 cm³/mol. The van der Waals surface area contributed by atoms with E-state index in [0.717, 1.165) is 19.3 Å². The summed E-state index contributed by atoms with van der Waals surface area (Å²) in [6.07, 6.45) is 4.46. The molecular formula is C15H19ClN2O4. The fraction of sp³-hybridized carbons (Fsp3) is 0.533. The molecule has 1 N–H and O–H groups in total. The van der Waals surface area contributed by atoms with Crippen LogP contribution in [0.3, 0.4) is 0 Å². The van der Waals surface area contributed by atoms with Crippen LogP contribution in [0, 0.1) is 16.0 Å². The molecule has 1 fully saturated rings. The summed E-state index contributed by atoms with van der Waals surface area (Å²) in [4.78, 5) is 22.0. The molecule has 1 aliphatic rings. The largest absolute Gasteiger partial charge is 0.482 e. The van der Waals surface area contributed by atoms with Crippen molar-refractivity contribution < 1.29 is 14.5 Å². The van der Waals surface area contributed by atoms with Crippen LogP contribution in [0.1, 0.15) is 32.6 Å². The van der Waals surface area contributed by atoms with Crippen LogP contribution in [0.4, 0.5) is 5.69 Å². The van der Waals surface area contributed by atoms with E-state index in [-0.39, 0.29) is 35.0 Å². The van der Waals surface area contributed by atoms with E-state index in [1.807, 2.05) is 0 Å². The molecular weight excluding hydrogens is 308 g/mol. The average molecular weight is 327 g/mol. The Morgan fingerprint density at radius 3 is 2.82 bits per heavy atom. The lowest BCUT2D eigenvalue weighted by Crippen LogP contribution is -2.43. The summed E-state index contributed by atoms with van der Waals surface area (Å²) in [5.74, 6) is 0.535. The van der Waals surface area contributed by atoms with Crippen LogP contribution < -0.4 is 10.1 Å². The van der Waals surface area contributed by atoms with Crippen LogP contribution in [0.25, 0.3) is 0 Å². The highest BCUT2D eigenvalue weighted by molar-refractivity contribution is 6.32. The molecule has 0 aromatic heterocycles. The number of hydrogen-bond donors (Lipinski definition) is 1. The third-order valence-corrected chi connectivity index (χ3v) is 4.24. The first-order valence-corrected chi connectivity index (χ1v) is 7.71. The number of benzene rings is 1. The summed E-state index contributed by atoms with van der Waals surface area (Å²) in [5.41, 5.74) is -0.113. The Morgan fingerprint density at radius 2 is 2.18 bits per heavy atom. The number of ether oxygens (including phenoxy) is 1. The number of non-ortho nitro benzene ring substituents is 1. The van der Waals surface area contributed by atoms with Crippen molar-refractivity contribution in [2.45, 2.75) is 38.6 Å². The van der Waals surface area contributed by atoms with Gasteiger partial charge in [-0.15, -0.1) is 0 Å². The number of nitrogens with zero attached hydrogens (tertiary/aromatic N) is 1. The lowest BCUT2D eigenvalue weighted by molar-refractivity contribution is -0.384. The highest BCUT2D eigenvalue weighted by Crippen LogP contribution is 2.28. The Bertz CT molecular complexity index is 564. The van der Waals surface area contributed by atoms with Gasteiger partial charge in [0.1, 0.15) is 5.75 Å². The third kappa shape index (κ3) is 4.34. The van der Waals surface area contributed by atoms with E-state index < -0.39 is 4.92 Å². The average Bonchev–Trinajstić information content (AvgIpc) is 2.48. The summed E-state index contributed by atoms with van der Waals surface area (Å²) >= 11 is 5.91. The van der Waals surface area contributed by atoms with Crippen LogP contribution >= 0.6 is 11.6 Å². The van der Waals surface area contributed by atoms with Crippen LogP contribution in [0.2, 0.25) is 5.02 Å². The first-order valence-electron chi connectivity index (χ1n) is 7.33. The SMILES string of the molecule is C[C@H]1CCCC[C@H]1NC(=O)COc1ccc([N+](=O)[O-])cc1Cl. The monoisotopic (exact) mass is 326 g/mol. The minimum Gasteiger partial charge on any atom is -0.482 e. The maximum atomic E-state index is 11.9. The second kappa shape index (κ2) is 7.45. The Balaban J connectivity index is 1.87. The Labute approximate surface area is 133 Å². The van der Waals surface area contributed by atoms with E-state index in [1.54, 1.807) is 0 Å². The molecule has 22 heavy (non-hydrogen) atoms. The van der Waals surface area contributed by atoms with Gasteiger partial charge in [-0.3, -0.25) is 14.9 Å². The van der Waals surface area contributed by atoms with Gasteiger partial charge in [0.2, 0.25) is 0 Å². The molecule has 0 saturated heterocycles. The normalized spacial score (nSPS) is 21.2. The quantitative estimate of drug-likeness (QED) is 0.664. The van der Waals surface area contributed by atoms with E-state index in [9.17, 15) is 14.9 Å². The lowest BCUT2D eigenvalue weighted by atomic mass is 9.86. The van der Waals surface area contributed by atoms with Gasteiger partial charge in [-0.2, -0.15) is 0 Å². The van der Waals surface area contributed by atoms with Crippen LogP contribution in [-0.4, -0.2) is 23.5 Å². The van der Waals surface area contributed by atoms with Gasteiger partial charge in [0.15, 0.2) is 6.61 Å². The minimum atomic E-state index is -0.535. The number of nitrogens with one attached hydrogen (secondary N) is 1. The van der Waals surface area contributed by atoms with Crippen molar-refractivity contribution in [2.75, 3.05) is 6.61 Å². The van der Waals surface area contributed by atoms with Crippen molar-refractivity contribution in [3.05, 3.63) is 33.3 Å². The standard InChI is InChI=1S/C15H19ClN2O4/c1-10-4-2-3-5-13(10)17-15(19)9-22-14-7-6-11(18(20)21)8-12(14)16/h6-8,10,13H,2-5,9H2,1H3,(H,17,19)/t10-,13+/m0/s1. The number of rotatable bonds is 5. The van der Waals surface area contributed by atoms with E-state index in [0.29, 0.717) is 5.92 Å². The molecule has 0 radical (unpaired) electrons. The van der Waals surface area contributed by atoms with Crippen molar-refractivity contribution in [1.82, 2.24) is 5.32 Å². The Hall–Kier alpha value is -1.82. The zero-order chi connectivity index (χ0) is 16.1. The van der Waals surface area contributed by atoms with Crippen molar-refractivity contribution in [3.8, 4) is 5.75 Å². The molecule has 0 aliphatic heterocycles. The first-order chi connectivity index (χ1) is 10.5. The Kier molecular flexibility index (Phi) is 5.60. The number of nitro groups is 1. The molecule has 7 heteroatoms. The molecule has 1 saturated carbocycles. The molecule has 0 unspecified atom stereocenters. The van der Waals surface area contributed by atoms with E-state index in [2.05, 4.69) is 12.2 Å². The number of nitro benzene ring substituents is 1. The second-order valence-corrected chi connectivity index (χ2v) is 6.00. The summed E-state index contributed by atoms with van der Waals surface area (Å²) in [5, 5.41) is 13.7. The Morgan fingerprint density at radius 1 is 1.45 bits per heavy atom. The molecule has 0 heterocycles. The molecule has 1 amide bonds. The van der Waals surface area contributed by atoms with Gasteiger partial charge < -0.3 is 10.1 Å². The fourth-order valence-corrected chi connectivity index (χ4v) is 2.87. The van der Waals surface area contributed by atoms with Crippen molar-refractivity contribution >= 4 is 23.2 Å². The highest BCUT2D eigenvalue weighted by atomic mass is 35.5. The molecule has 1 aromatic carbocycles. The van der Waals surface area contributed by atoms with Crippen LogP contribution in [0.5, 0.6) is 5.75 Å². The summed E-state index contributed by atoms with van der Waals surface area (Å²) < 4.78 is 5.34. The molecule has 2 atom stereocenters. The number of carbonyl (C=O) groups excluding carboxylic acids is 1. The van der Waals surface area contributed by atoms with E-state index in [4.69, 9.17) is 16.3 Å². The fourth-order valence-electron chi connectivity index (χ4n) is 2.64. The number of amides is 1. The highest BCUT2D eigenvalue weighted by Gasteiger charge is 2.23. The molecule has 0 spiro atoms. The molecule has 120 valence electrons. The second-order valence-electron chi connectivity index (χ2n) is 5.60. The summed E-state index contributed by atoms with van der Waals surface area (Å²) in [7, 11) is 0. The zero-order valence-electron chi connectivity index (χ0n) is 12.4. The van der Waals surface area contributed by atoms with Gasteiger partial charge in [-0.25, -0.2) is 0 Å². The van der Waals surface area contributed by atoms with Gasteiger partial charge in [0.05, 0.1) is 9.95 Å². The van der Waals surface area contributed by atoms with E-state index >= 15 is 0 Å². The van der Waals surface area contributed by atoms with Crippen molar-refractivity contribution in [3.63, 3.8) is 0 Å². The molecule has 1 aliphatic carbocycles. The molecule has 1 aromatic rings. The predicted octanol–water partition coefficient (Wildman–Crippen LogP) is 3.32. The van der Waals surface area contributed by atoms with Crippen molar-refractivity contribution in [1.29, 1.82) is 0 Å². The first kappa shape index (κ1) is 16.5. The van der Waals surface area contributed by atoms with Gasteiger partial charge >= 0.3 is 0 Å². The maximum Gasteiger partial charge on any atom is 0.271 e. The van der Waals surface area contributed by atoms with Gasteiger partial charge in [0, 0.05) is 18.2 Å². The minimum absolute atomic E-state index is 0.113. The zero-order valence-corrected chi connectivity index (χ0v) is 13.1. The van der Waals surface area contributed by atoms with Gasteiger partial charge in [0.25, 0.3) is 11.6 Å². The molecule has 0 bridgehead atoms. The summed E-state index contributed by atoms with van der Waals surface area (Å²) in [6, 6.07) is 4.09. The number of halogens is 1. The third-order valence-electron chi connectivity index (χ3n) is 3.94. The van der Waals surface area contributed by atoms with Gasteiger partial charge in [-0.1, -0.05) is 31.4 Å². The number of carbonyl (C=O) groups is 1. The smallest absolute Gasteiger partial charge is 0.271 e. The summed E-state index contributed by atoms with van der Waals surface area (Å²) in [6.45, 7) is 1.99. The molecule has 2 rings (SSSR count). The lowest BCUT2D eigenvalue weighted by Gasteiger charge is -2.29. The van der Waals surface area contributed by atoms with Crippen molar-refractivity contribution in [2.24, 2.45) is 5.92 Å². The topological polar surface area (TPSA) is 81.5 Å². The van der Waals surface area contributed by atoms with Gasteiger partial charge in [-0.05, 0) is 24.8 Å². The number of hydrogen-bond acceptors (Lipinski definition) is 4. The van der Waals surface area contributed by atoms with Crippen LogP contribution in [0.15, 0.2) is 18.2 Å². The molecule has 6 nitrogen and oxygen atoms in total. The van der Waals surface area contributed by atoms with E-state index in [1.165, 1.54) is 24.6 Å².